The monoisotopic (exact) mass is 478 g/mol. The van der Waals surface area contributed by atoms with E-state index in [1.165, 1.54) is 34.0 Å². The molecule has 0 aromatic heterocycles. The summed E-state index contributed by atoms with van der Waals surface area (Å²) in [5.74, 6) is -0.135. The molecule has 4 aromatic carbocycles. The lowest BCUT2D eigenvalue weighted by Gasteiger charge is -2.15. The summed E-state index contributed by atoms with van der Waals surface area (Å²) < 4.78 is 0. The average Bonchev–Trinajstić information content (AvgIpc) is 3.42. The van der Waals surface area contributed by atoms with E-state index in [1.54, 1.807) is 12.1 Å². The molecule has 1 heterocycles. The molecule has 0 radical (unpaired) electrons. The van der Waals surface area contributed by atoms with Gasteiger partial charge in [-0.3, -0.25) is 4.79 Å². The van der Waals surface area contributed by atoms with E-state index < -0.39 is 0 Å². The van der Waals surface area contributed by atoms with E-state index in [1.807, 2.05) is 30.3 Å². The third kappa shape index (κ3) is 3.75. The number of carbonyl (C=O) groups is 1. The number of nitrogens with zero attached hydrogens (tertiary/aromatic N) is 1. The van der Waals surface area contributed by atoms with Crippen molar-refractivity contribution >= 4 is 45.7 Å². The van der Waals surface area contributed by atoms with E-state index in [9.17, 15) is 4.79 Å². The summed E-state index contributed by atoms with van der Waals surface area (Å²) in [5, 5.41) is 4.17. The maximum absolute atomic E-state index is 13.2. The number of halogens is 1. The van der Waals surface area contributed by atoms with Gasteiger partial charge < -0.3 is 5.32 Å². The minimum Gasteiger partial charge on any atom is -0.300 e. The molecule has 1 aliphatic heterocycles. The van der Waals surface area contributed by atoms with Gasteiger partial charge in [0.05, 0.1) is 10.6 Å². The van der Waals surface area contributed by atoms with Crippen LogP contribution in [0, 0.1) is 0 Å². The maximum Gasteiger partial charge on any atom is 0.264 e. The lowest BCUT2D eigenvalue weighted by molar-refractivity contribution is -0.115. The van der Waals surface area contributed by atoms with E-state index in [0.29, 0.717) is 15.1 Å². The van der Waals surface area contributed by atoms with Crippen LogP contribution in [0.1, 0.15) is 22.3 Å². The number of rotatable bonds is 3. The molecule has 34 heavy (non-hydrogen) atoms. The van der Waals surface area contributed by atoms with E-state index in [-0.39, 0.29) is 5.91 Å². The summed E-state index contributed by atoms with van der Waals surface area (Å²) in [7, 11) is 0. The van der Waals surface area contributed by atoms with E-state index in [4.69, 9.17) is 11.6 Å². The Morgan fingerprint density at radius 1 is 0.824 bits per heavy atom. The van der Waals surface area contributed by atoms with Crippen molar-refractivity contribution in [2.45, 2.75) is 6.42 Å². The van der Waals surface area contributed by atoms with Gasteiger partial charge in [-0.15, -0.1) is 0 Å². The van der Waals surface area contributed by atoms with Gasteiger partial charge in [-0.1, -0.05) is 84.4 Å². The molecular weight excluding hydrogens is 460 g/mol. The van der Waals surface area contributed by atoms with Crippen molar-refractivity contribution in [1.29, 1.82) is 0 Å². The van der Waals surface area contributed by atoms with Crippen LogP contribution in [0.3, 0.4) is 0 Å². The topological polar surface area (TPSA) is 41.5 Å². The SMILES string of the molecule is O=C1NC(=Nc2ccc(Cl)cc2)SC1=C(c1ccccc1)c1cccc2c1Cc1ccccc1-2. The highest BCUT2D eigenvalue weighted by Gasteiger charge is 2.31. The number of amides is 1. The highest BCUT2D eigenvalue weighted by Crippen LogP contribution is 2.44. The average molecular weight is 479 g/mol. The van der Waals surface area contributed by atoms with Crippen LogP contribution in [0.2, 0.25) is 5.02 Å². The normalized spacial score (nSPS) is 16.9. The molecule has 0 unspecified atom stereocenters. The van der Waals surface area contributed by atoms with Crippen LogP contribution in [-0.2, 0) is 11.2 Å². The minimum absolute atomic E-state index is 0.135. The number of thioether (sulfide) groups is 1. The number of aliphatic imine (C=N–C) groups is 1. The molecule has 1 aliphatic carbocycles. The van der Waals surface area contributed by atoms with Crippen molar-refractivity contribution in [3.05, 3.63) is 129 Å². The fraction of sp³-hybridized carbons (Fsp3) is 0.0345. The number of fused-ring (bicyclic) bond motifs is 3. The van der Waals surface area contributed by atoms with Gasteiger partial charge in [0.15, 0.2) is 5.17 Å². The van der Waals surface area contributed by atoms with Crippen molar-refractivity contribution in [2.75, 3.05) is 0 Å². The lowest BCUT2D eigenvalue weighted by atomic mass is 9.91. The Hall–Kier alpha value is -3.60. The Bertz CT molecular complexity index is 1490. The standard InChI is InChI=1S/C29H19ClN2OS/c30-20-13-15-21(16-14-20)31-29-32-28(33)27(34-29)26(18-7-2-1-3-8-18)24-12-6-11-23-22-10-5-4-9-19(22)17-25(23)24/h1-16H,17H2,(H,31,32,33). The molecule has 0 spiro atoms. The highest BCUT2D eigenvalue weighted by molar-refractivity contribution is 8.18. The molecular formula is C29H19ClN2OS. The molecule has 2 aliphatic rings. The zero-order valence-corrected chi connectivity index (χ0v) is 19.7. The summed E-state index contributed by atoms with van der Waals surface area (Å²) in [6, 6.07) is 32.3. The molecule has 6 rings (SSSR count). The van der Waals surface area contributed by atoms with Crippen LogP contribution < -0.4 is 5.32 Å². The molecule has 4 aromatic rings. The zero-order chi connectivity index (χ0) is 23.1. The third-order valence-electron chi connectivity index (χ3n) is 6.09. The zero-order valence-electron chi connectivity index (χ0n) is 18.1. The van der Waals surface area contributed by atoms with Gasteiger partial charge in [-0.05, 0) is 75.8 Å². The predicted octanol–water partition coefficient (Wildman–Crippen LogP) is 7.22. The minimum atomic E-state index is -0.135. The number of hydrogen-bond acceptors (Lipinski definition) is 3. The van der Waals surface area contributed by atoms with Crippen molar-refractivity contribution < 1.29 is 4.79 Å². The third-order valence-corrected chi connectivity index (χ3v) is 7.32. The first kappa shape index (κ1) is 21.0. The van der Waals surface area contributed by atoms with Crippen LogP contribution in [0.4, 0.5) is 5.69 Å². The summed E-state index contributed by atoms with van der Waals surface area (Å²) in [5.41, 5.74) is 8.86. The van der Waals surface area contributed by atoms with Gasteiger partial charge >= 0.3 is 0 Å². The molecule has 1 N–H and O–H groups in total. The number of benzene rings is 4. The lowest BCUT2D eigenvalue weighted by Crippen LogP contribution is -2.20. The van der Waals surface area contributed by atoms with Gasteiger partial charge in [0.1, 0.15) is 0 Å². The fourth-order valence-electron chi connectivity index (χ4n) is 4.58. The highest BCUT2D eigenvalue weighted by atomic mass is 35.5. The Kier molecular flexibility index (Phi) is 5.33. The Balaban J connectivity index is 1.50. The van der Waals surface area contributed by atoms with Gasteiger partial charge in [-0.2, -0.15) is 0 Å². The Morgan fingerprint density at radius 2 is 1.56 bits per heavy atom. The molecule has 3 nitrogen and oxygen atoms in total. The first-order valence-corrected chi connectivity index (χ1v) is 12.2. The summed E-state index contributed by atoms with van der Waals surface area (Å²) in [4.78, 5) is 18.5. The van der Waals surface area contributed by atoms with Gasteiger partial charge in [0.25, 0.3) is 5.91 Å². The second-order valence-corrected chi connectivity index (χ2v) is 9.62. The number of carbonyl (C=O) groups excluding carboxylic acids is 1. The predicted molar refractivity (Wildman–Crippen MR) is 141 cm³/mol. The molecule has 1 fully saturated rings. The second kappa shape index (κ2) is 8.64. The molecule has 5 heteroatoms. The van der Waals surface area contributed by atoms with Crippen LogP contribution >= 0.6 is 23.4 Å². The molecule has 1 saturated heterocycles. The first-order valence-electron chi connectivity index (χ1n) is 11.0. The number of hydrogen-bond donors (Lipinski definition) is 1. The molecule has 164 valence electrons. The van der Waals surface area contributed by atoms with Gasteiger partial charge in [0.2, 0.25) is 0 Å². The number of nitrogens with one attached hydrogen (secondary N) is 1. The Morgan fingerprint density at radius 3 is 2.38 bits per heavy atom. The van der Waals surface area contributed by atoms with Crippen molar-refractivity contribution in [1.82, 2.24) is 5.32 Å². The summed E-state index contributed by atoms with van der Waals surface area (Å²) in [6.45, 7) is 0. The van der Waals surface area contributed by atoms with E-state index in [0.717, 1.165) is 28.8 Å². The van der Waals surface area contributed by atoms with Crippen molar-refractivity contribution in [2.24, 2.45) is 4.99 Å². The molecule has 0 atom stereocenters. The molecule has 1 amide bonds. The van der Waals surface area contributed by atoms with Gasteiger partial charge in [-0.25, -0.2) is 4.99 Å². The number of amidine groups is 1. The second-order valence-electron chi connectivity index (χ2n) is 8.19. The Labute approximate surface area is 207 Å². The first-order chi connectivity index (χ1) is 16.7. The van der Waals surface area contributed by atoms with E-state index in [2.05, 4.69) is 64.9 Å². The smallest absolute Gasteiger partial charge is 0.264 e. The van der Waals surface area contributed by atoms with E-state index >= 15 is 0 Å². The molecule has 0 saturated carbocycles. The van der Waals surface area contributed by atoms with Crippen molar-refractivity contribution in [3.63, 3.8) is 0 Å². The van der Waals surface area contributed by atoms with Crippen LogP contribution in [0.15, 0.2) is 107 Å². The van der Waals surface area contributed by atoms with Crippen LogP contribution in [-0.4, -0.2) is 11.1 Å². The quantitative estimate of drug-likeness (QED) is 0.278. The summed E-state index contributed by atoms with van der Waals surface area (Å²) >= 11 is 7.38. The summed E-state index contributed by atoms with van der Waals surface area (Å²) in [6.07, 6.45) is 0.850. The van der Waals surface area contributed by atoms with Crippen LogP contribution in [0.5, 0.6) is 0 Å². The fourth-order valence-corrected chi connectivity index (χ4v) is 5.66. The molecule has 0 bridgehead atoms. The van der Waals surface area contributed by atoms with Crippen LogP contribution in [0.25, 0.3) is 16.7 Å². The van der Waals surface area contributed by atoms with Crippen molar-refractivity contribution in [3.8, 4) is 11.1 Å². The van der Waals surface area contributed by atoms with Gasteiger partial charge in [0, 0.05) is 10.6 Å². The largest absolute Gasteiger partial charge is 0.300 e. The maximum atomic E-state index is 13.2.